The fourth-order valence-electron chi connectivity index (χ4n) is 1.82. The minimum atomic E-state index is 0.704. The average molecular weight is 218 g/mol. The van der Waals surface area contributed by atoms with Gasteiger partial charge in [-0.15, -0.1) is 11.8 Å². The first-order valence-corrected chi connectivity index (χ1v) is 6.47. The van der Waals surface area contributed by atoms with E-state index in [1.807, 2.05) is 6.26 Å². The summed E-state index contributed by atoms with van der Waals surface area (Å²) in [7, 11) is 0. The van der Waals surface area contributed by atoms with Crippen LogP contribution in [0.4, 0.5) is 0 Å². The van der Waals surface area contributed by atoms with E-state index in [0.29, 0.717) is 6.04 Å². The van der Waals surface area contributed by atoms with Crippen LogP contribution in [0.1, 0.15) is 19.8 Å². The summed E-state index contributed by atoms with van der Waals surface area (Å²) >= 11 is 6.72. The van der Waals surface area contributed by atoms with Crippen LogP contribution >= 0.6 is 24.0 Å². The molecule has 76 valence electrons. The van der Waals surface area contributed by atoms with Gasteiger partial charge in [-0.25, -0.2) is 0 Å². The monoisotopic (exact) mass is 218 g/mol. The largest absolute Gasteiger partial charge is 0.369 e. The van der Waals surface area contributed by atoms with Crippen LogP contribution in [0.5, 0.6) is 0 Å². The first-order valence-electron chi connectivity index (χ1n) is 4.83. The van der Waals surface area contributed by atoms with Gasteiger partial charge in [0, 0.05) is 12.6 Å². The fraction of sp³-hybridized carbons (Fsp3) is 0.889. The van der Waals surface area contributed by atoms with Crippen molar-refractivity contribution < 1.29 is 0 Å². The molecule has 1 atom stereocenters. The Morgan fingerprint density at radius 1 is 1.69 bits per heavy atom. The van der Waals surface area contributed by atoms with E-state index >= 15 is 0 Å². The second kappa shape index (κ2) is 5.83. The highest BCUT2D eigenvalue weighted by molar-refractivity contribution is 8.22. The molecule has 1 aliphatic rings. The number of hydrogen-bond donors (Lipinski definition) is 1. The van der Waals surface area contributed by atoms with Gasteiger partial charge >= 0.3 is 0 Å². The van der Waals surface area contributed by atoms with Crippen molar-refractivity contribution in [3.05, 3.63) is 0 Å². The number of thiocarbonyl (C=S) groups is 1. The molecule has 0 aliphatic carbocycles. The summed E-state index contributed by atoms with van der Waals surface area (Å²) < 4.78 is 0.919. The van der Waals surface area contributed by atoms with Gasteiger partial charge in [0.2, 0.25) is 0 Å². The highest BCUT2D eigenvalue weighted by Crippen LogP contribution is 2.15. The Bertz CT molecular complexity index is 173. The van der Waals surface area contributed by atoms with Crippen LogP contribution in [0.3, 0.4) is 0 Å². The van der Waals surface area contributed by atoms with E-state index in [0.717, 1.165) is 10.9 Å². The van der Waals surface area contributed by atoms with Crippen molar-refractivity contribution >= 4 is 28.3 Å². The normalized spacial score (nSPS) is 23.4. The SMILES string of the molecule is CCN1CCCC1CNC(=S)SC. The first-order chi connectivity index (χ1) is 6.27. The number of likely N-dealkylation sites (tertiary alicyclic amines) is 1. The molecule has 13 heavy (non-hydrogen) atoms. The summed E-state index contributed by atoms with van der Waals surface area (Å²) in [5.41, 5.74) is 0. The predicted molar refractivity (Wildman–Crippen MR) is 64.4 cm³/mol. The van der Waals surface area contributed by atoms with E-state index in [9.17, 15) is 0 Å². The lowest BCUT2D eigenvalue weighted by Crippen LogP contribution is -2.38. The number of nitrogens with one attached hydrogen (secondary N) is 1. The van der Waals surface area contributed by atoms with Crippen LogP contribution in [0, 0.1) is 0 Å². The maximum absolute atomic E-state index is 5.10. The Kier molecular flexibility index (Phi) is 5.06. The zero-order chi connectivity index (χ0) is 9.68. The molecule has 0 bridgehead atoms. The molecule has 1 rings (SSSR count). The third-order valence-corrected chi connectivity index (χ3v) is 3.73. The summed E-state index contributed by atoms with van der Waals surface area (Å²) in [6, 6.07) is 0.704. The van der Waals surface area contributed by atoms with Gasteiger partial charge in [-0.05, 0) is 32.2 Å². The topological polar surface area (TPSA) is 15.3 Å². The maximum Gasteiger partial charge on any atom is 0.133 e. The second-order valence-corrected chi connectivity index (χ2v) is 4.78. The van der Waals surface area contributed by atoms with Crippen LogP contribution in [-0.2, 0) is 0 Å². The van der Waals surface area contributed by atoms with Crippen molar-refractivity contribution in [1.82, 2.24) is 10.2 Å². The van der Waals surface area contributed by atoms with Gasteiger partial charge in [-0.1, -0.05) is 19.1 Å². The molecule has 1 heterocycles. The number of nitrogens with zero attached hydrogens (tertiary/aromatic N) is 1. The van der Waals surface area contributed by atoms with Crippen molar-refractivity contribution in [2.75, 3.05) is 25.9 Å². The van der Waals surface area contributed by atoms with E-state index in [1.165, 1.54) is 25.9 Å². The van der Waals surface area contributed by atoms with E-state index in [1.54, 1.807) is 11.8 Å². The number of likely N-dealkylation sites (N-methyl/N-ethyl adjacent to an activating group) is 1. The number of thioether (sulfide) groups is 1. The summed E-state index contributed by atoms with van der Waals surface area (Å²) in [5.74, 6) is 0. The van der Waals surface area contributed by atoms with Gasteiger partial charge in [0.25, 0.3) is 0 Å². The minimum absolute atomic E-state index is 0.704. The fourth-order valence-corrected chi connectivity index (χ4v) is 2.13. The zero-order valence-corrected chi connectivity index (χ0v) is 10.0. The molecule has 1 saturated heterocycles. The maximum atomic E-state index is 5.10. The van der Waals surface area contributed by atoms with Crippen LogP contribution in [0.15, 0.2) is 0 Å². The molecule has 0 amide bonds. The van der Waals surface area contributed by atoms with Crippen LogP contribution in [-0.4, -0.2) is 41.2 Å². The first kappa shape index (κ1) is 11.3. The quantitative estimate of drug-likeness (QED) is 0.725. The minimum Gasteiger partial charge on any atom is -0.369 e. The summed E-state index contributed by atoms with van der Waals surface area (Å²) in [6.07, 6.45) is 4.67. The van der Waals surface area contributed by atoms with Crippen LogP contribution in [0.2, 0.25) is 0 Å². The van der Waals surface area contributed by atoms with E-state index in [2.05, 4.69) is 17.1 Å². The molecule has 1 unspecified atom stereocenters. The molecule has 1 fully saturated rings. The highest BCUT2D eigenvalue weighted by atomic mass is 32.2. The van der Waals surface area contributed by atoms with E-state index < -0.39 is 0 Å². The number of hydrogen-bond acceptors (Lipinski definition) is 3. The molecule has 0 saturated carbocycles. The molecule has 0 spiro atoms. The van der Waals surface area contributed by atoms with E-state index in [-0.39, 0.29) is 0 Å². The molecule has 4 heteroatoms. The van der Waals surface area contributed by atoms with Gasteiger partial charge in [0.1, 0.15) is 4.32 Å². The molecular formula is C9H18N2S2. The Morgan fingerprint density at radius 3 is 3.08 bits per heavy atom. The van der Waals surface area contributed by atoms with E-state index in [4.69, 9.17) is 12.2 Å². The van der Waals surface area contributed by atoms with Gasteiger partial charge in [-0.3, -0.25) is 4.90 Å². The number of rotatable bonds is 3. The lowest BCUT2D eigenvalue weighted by atomic mass is 10.2. The molecule has 1 N–H and O–H groups in total. The Balaban J connectivity index is 2.23. The standard InChI is InChI=1S/C9H18N2S2/c1-3-11-6-4-5-8(11)7-10-9(12)13-2/h8H,3-7H2,1-2H3,(H,10,12). The molecule has 0 radical (unpaired) electrons. The van der Waals surface area contributed by atoms with Crippen molar-refractivity contribution in [1.29, 1.82) is 0 Å². The molecule has 2 nitrogen and oxygen atoms in total. The Morgan fingerprint density at radius 2 is 2.46 bits per heavy atom. The molecule has 1 aliphatic heterocycles. The third-order valence-electron chi connectivity index (χ3n) is 2.57. The molecule has 0 aromatic rings. The lowest BCUT2D eigenvalue weighted by molar-refractivity contribution is 0.268. The van der Waals surface area contributed by atoms with Crippen LogP contribution < -0.4 is 5.32 Å². The van der Waals surface area contributed by atoms with Crippen molar-refractivity contribution in [3.63, 3.8) is 0 Å². The molecular weight excluding hydrogens is 200 g/mol. The van der Waals surface area contributed by atoms with Gasteiger partial charge < -0.3 is 5.32 Å². The molecule has 0 aromatic carbocycles. The third kappa shape index (κ3) is 3.44. The van der Waals surface area contributed by atoms with Gasteiger partial charge in [0.05, 0.1) is 0 Å². The predicted octanol–water partition coefficient (Wildman–Crippen LogP) is 1.71. The second-order valence-electron chi connectivity index (χ2n) is 3.30. The van der Waals surface area contributed by atoms with Crippen molar-refractivity contribution in [2.45, 2.75) is 25.8 Å². The van der Waals surface area contributed by atoms with Gasteiger partial charge in [0.15, 0.2) is 0 Å². The van der Waals surface area contributed by atoms with Crippen LogP contribution in [0.25, 0.3) is 0 Å². The van der Waals surface area contributed by atoms with Crippen molar-refractivity contribution in [3.8, 4) is 0 Å². The van der Waals surface area contributed by atoms with Gasteiger partial charge in [-0.2, -0.15) is 0 Å². The summed E-state index contributed by atoms with van der Waals surface area (Å²) in [5, 5.41) is 3.29. The average Bonchev–Trinajstić information content (AvgIpc) is 2.61. The smallest absolute Gasteiger partial charge is 0.133 e. The Hall–Kier alpha value is 0.200. The highest BCUT2D eigenvalue weighted by Gasteiger charge is 2.22. The summed E-state index contributed by atoms with van der Waals surface area (Å²) in [6.45, 7) is 5.67. The summed E-state index contributed by atoms with van der Waals surface area (Å²) in [4.78, 5) is 2.52. The molecule has 0 aromatic heterocycles. The zero-order valence-electron chi connectivity index (χ0n) is 8.38. The Labute approximate surface area is 90.4 Å². The van der Waals surface area contributed by atoms with Crippen molar-refractivity contribution in [2.24, 2.45) is 0 Å². The lowest BCUT2D eigenvalue weighted by Gasteiger charge is -2.23.